The summed E-state index contributed by atoms with van der Waals surface area (Å²) in [5, 5.41) is 0.784. The lowest BCUT2D eigenvalue weighted by atomic mass is 10.1. The number of nitrogens with zero attached hydrogens (tertiary/aromatic N) is 1. The summed E-state index contributed by atoms with van der Waals surface area (Å²) in [7, 11) is 0. The van der Waals surface area contributed by atoms with Crippen LogP contribution in [-0.2, 0) is 6.54 Å². The third kappa shape index (κ3) is 2.98. The van der Waals surface area contributed by atoms with Crippen LogP contribution in [0.3, 0.4) is 0 Å². The minimum atomic E-state index is 0.672. The van der Waals surface area contributed by atoms with Crippen molar-refractivity contribution in [3.8, 4) is 0 Å². The van der Waals surface area contributed by atoms with Crippen molar-refractivity contribution in [2.45, 2.75) is 13.0 Å². The quantitative estimate of drug-likeness (QED) is 0.930. The Kier molecular flexibility index (Phi) is 4.25. The molecule has 0 saturated carbocycles. The summed E-state index contributed by atoms with van der Waals surface area (Å²) in [5.41, 5.74) is 6.95. The second kappa shape index (κ2) is 5.50. The topological polar surface area (TPSA) is 29.3 Å². The van der Waals surface area contributed by atoms with Gasteiger partial charge in [0.05, 0.1) is 5.02 Å². The van der Waals surface area contributed by atoms with Gasteiger partial charge in [-0.05, 0) is 59.1 Å². The molecule has 0 aliphatic carbocycles. The Morgan fingerprint density at radius 1 is 1.50 bits per heavy atom. The zero-order chi connectivity index (χ0) is 11.5. The van der Waals surface area contributed by atoms with Crippen LogP contribution in [0.2, 0.25) is 5.02 Å². The van der Waals surface area contributed by atoms with E-state index >= 15 is 0 Å². The van der Waals surface area contributed by atoms with Crippen molar-refractivity contribution in [1.82, 2.24) is 4.90 Å². The van der Waals surface area contributed by atoms with Gasteiger partial charge in [0.15, 0.2) is 0 Å². The van der Waals surface area contributed by atoms with Crippen LogP contribution in [0, 0.1) is 5.92 Å². The average molecular weight is 304 g/mol. The molecule has 1 aromatic rings. The molecule has 1 saturated heterocycles. The van der Waals surface area contributed by atoms with Crippen molar-refractivity contribution in [3.63, 3.8) is 0 Å². The lowest BCUT2D eigenvalue weighted by Crippen LogP contribution is -2.22. The Morgan fingerprint density at radius 3 is 2.94 bits per heavy atom. The van der Waals surface area contributed by atoms with Crippen LogP contribution in [0.4, 0.5) is 0 Å². The van der Waals surface area contributed by atoms with Crippen molar-refractivity contribution in [1.29, 1.82) is 0 Å². The highest BCUT2D eigenvalue weighted by atomic mass is 79.9. The monoisotopic (exact) mass is 302 g/mol. The predicted molar refractivity (Wildman–Crippen MR) is 71.6 cm³/mol. The Bertz CT molecular complexity index is 370. The van der Waals surface area contributed by atoms with Gasteiger partial charge >= 0.3 is 0 Å². The summed E-state index contributed by atoms with van der Waals surface area (Å²) >= 11 is 9.47. The first-order valence-corrected chi connectivity index (χ1v) is 6.72. The van der Waals surface area contributed by atoms with Crippen LogP contribution >= 0.6 is 27.5 Å². The van der Waals surface area contributed by atoms with E-state index in [9.17, 15) is 0 Å². The number of halogens is 2. The van der Waals surface area contributed by atoms with E-state index in [-0.39, 0.29) is 0 Å². The highest BCUT2D eigenvalue weighted by Gasteiger charge is 2.20. The first-order chi connectivity index (χ1) is 7.69. The molecule has 88 valence electrons. The molecule has 0 aromatic heterocycles. The van der Waals surface area contributed by atoms with Crippen LogP contribution in [0.25, 0.3) is 0 Å². The van der Waals surface area contributed by atoms with Crippen molar-refractivity contribution >= 4 is 27.5 Å². The molecule has 1 aliphatic heterocycles. The van der Waals surface area contributed by atoms with Crippen LogP contribution in [-0.4, -0.2) is 24.5 Å². The normalized spacial score (nSPS) is 21.6. The fourth-order valence-corrected chi connectivity index (χ4v) is 2.59. The summed E-state index contributed by atoms with van der Waals surface area (Å²) in [4.78, 5) is 2.44. The van der Waals surface area contributed by atoms with E-state index < -0.39 is 0 Å². The summed E-state index contributed by atoms with van der Waals surface area (Å²) in [6.45, 7) is 4.04. The number of hydrogen-bond donors (Lipinski definition) is 1. The van der Waals surface area contributed by atoms with Crippen LogP contribution < -0.4 is 5.73 Å². The summed E-state index contributed by atoms with van der Waals surface area (Å²) in [6.07, 6.45) is 1.22. The summed E-state index contributed by atoms with van der Waals surface area (Å²) in [5.74, 6) is 0.672. The molecule has 0 radical (unpaired) electrons. The van der Waals surface area contributed by atoms with Crippen LogP contribution in [0.15, 0.2) is 22.7 Å². The minimum Gasteiger partial charge on any atom is -0.330 e. The number of nitrogens with two attached hydrogens (primary N) is 1. The molecular weight excluding hydrogens is 288 g/mol. The SMILES string of the molecule is NCC1CCN(Cc2ccc(Br)c(Cl)c2)C1. The summed E-state index contributed by atoms with van der Waals surface area (Å²) < 4.78 is 0.958. The molecule has 16 heavy (non-hydrogen) atoms. The lowest BCUT2D eigenvalue weighted by Gasteiger charge is -2.16. The Morgan fingerprint density at radius 2 is 2.31 bits per heavy atom. The molecule has 1 atom stereocenters. The second-order valence-electron chi connectivity index (χ2n) is 4.37. The van der Waals surface area contributed by atoms with E-state index in [1.807, 2.05) is 12.1 Å². The molecule has 4 heteroatoms. The molecule has 1 aromatic carbocycles. The highest BCUT2D eigenvalue weighted by molar-refractivity contribution is 9.10. The molecule has 2 rings (SSSR count). The molecule has 1 fully saturated rings. The van der Waals surface area contributed by atoms with Gasteiger partial charge in [0, 0.05) is 17.6 Å². The van der Waals surface area contributed by atoms with Crippen LogP contribution in [0.5, 0.6) is 0 Å². The smallest absolute Gasteiger partial charge is 0.0551 e. The molecule has 1 heterocycles. The third-order valence-electron chi connectivity index (χ3n) is 3.09. The van der Waals surface area contributed by atoms with E-state index in [4.69, 9.17) is 17.3 Å². The maximum atomic E-state index is 6.07. The largest absolute Gasteiger partial charge is 0.330 e. The van der Waals surface area contributed by atoms with Gasteiger partial charge in [-0.15, -0.1) is 0 Å². The second-order valence-corrected chi connectivity index (χ2v) is 5.64. The van der Waals surface area contributed by atoms with E-state index in [0.29, 0.717) is 5.92 Å². The minimum absolute atomic E-state index is 0.672. The number of rotatable bonds is 3. The fourth-order valence-electron chi connectivity index (χ4n) is 2.15. The predicted octanol–water partition coefficient (Wildman–Crippen LogP) is 2.88. The number of benzene rings is 1. The highest BCUT2D eigenvalue weighted by Crippen LogP contribution is 2.25. The van der Waals surface area contributed by atoms with E-state index in [2.05, 4.69) is 26.9 Å². The van der Waals surface area contributed by atoms with E-state index in [1.165, 1.54) is 12.0 Å². The van der Waals surface area contributed by atoms with Crippen molar-refractivity contribution in [2.75, 3.05) is 19.6 Å². The maximum absolute atomic E-state index is 6.07. The van der Waals surface area contributed by atoms with Crippen molar-refractivity contribution in [3.05, 3.63) is 33.3 Å². The zero-order valence-electron chi connectivity index (χ0n) is 9.13. The van der Waals surface area contributed by atoms with Gasteiger partial charge in [0.1, 0.15) is 0 Å². The zero-order valence-corrected chi connectivity index (χ0v) is 11.5. The molecule has 2 nitrogen and oxygen atoms in total. The van der Waals surface area contributed by atoms with Gasteiger partial charge in [0.2, 0.25) is 0 Å². The van der Waals surface area contributed by atoms with Gasteiger partial charge in [0.25, 0.3) is 0 Å². The molecule has 0 bridgehead atoms. The lowest BCUT2D eigenvalue weighted by molar-refractivity contribution is 0.318. The summed E-state index contributed by atoms with van der Waals surface area (Å²) in [6, 6.07) is 6.15. The van der Waals surface area contributed by atoms with Crippen molar-refractivity contribution < 1.29 is 0 Å². The van der Waals surface area contributed by atoms with E-state index in [1.54, 1.807) is 0 Å². The van der Waals surface area contributed by atoms with E-state index in [0.717, 1.165) is 35.7 Å². The van der Waals surface area contributed by atoms with Crippen molar-refractivity contribution in [2.24, 2.45) is 11.7 Å². The van der Waals surface area contributed by atoms with Gasteiger partial charge in [-0.1, -0.05) is 17.7 Å². The fraction of sp³-hybridized carbons (Fsp3) is 0.500. The molecule has 1 aliphatic rings. The molecular formula is C12H16BrClN2. The van der Waals surface area contributed by atoms with Crippen LogP contribution in [0.1, 0.15) is 12.0 Å². The maximum Gasteiger partial charge on any atom is 0.0551 e. The van der Waals surface area contributed by atoms with Gasteiger partial charge < -0.3 is 5.73 Å². The first kappa shape index (κ1) is 12.4. The van der Waals surface area contributed by atoms with Gasteiger partial charge in [-0.25, -0.2) is 0 Å². The first-order valence-electron chi connectivity index (χ1n) is 5.55. The Labute approximate surface area is 110 Å². The molecule has 1 unspecified atom stereocenters. The number of likely N-dealkylation sites (tertiary alicyclic amines) is 1. The molecule has 2 N–H and O–H groups in total. The number of hydrogen-bond acceptors (Lipinski definition) is 2. The average Bonchev–Trinajstić information content (AvgIpc) is 2.71. The van der Waals surface area contributed by atoms with Gasteiger partial charge in [-0.3, -0.25) is 4.90 Å². The Hall–Kier alpha value is -0.0900. The molecule has 0 spiro atoms. The van der Waals surface area contributed by atoms with Gasteiger partial charge in [-0.2, -0.15) is 0 Å². The molecule has 0 amide bonds. The third-order valence-corrected chi connectivity index (χ3v) is 4.33. The standard InChI is InChI=1S/C12H16BrClN2/c13-11-2-1-9(5-12(11)14)7-16-4-3-10(6-15)8-16/h1-2,5,10H,3-4,6-8,15H2. The Balaban J connectivity index is 1.97.